The first-order valence-corrected chi connectivity index (χ1v) is 9.06. The molecule has 1 N–H and O–H groups in total. The maximum absolute atomic E-state index is 13.3. The second kappa shape index (κ2) is 3.20. The molecule has 4 saturated carbocycles. The molecule has 0 aliphatic heterocycles. The zero-order valence-corrected chi connectivity index (χ0v) is 11.4. The Hall–Kier alpha value is 0.190. The summed E-state index contributed by atoms with van der Waals surface area (Å²) >= 11 is 0. The molecule has 17 heavy (non-hydrogen) atoms. The van der Waals surface area contributed by atoms with E-state index in [2.05, 4.69) is 0 Å². The van der Waals surface area contributed by atoms with Crippen LogP contribution in [0.25, 0.3) is 0 Å². The molecule has 0 atom stereocenters. The summed E-state index contributed by atoms with van der Waals surface area (Å²) < 4.78 is 13.3. The normalized spacial score (nSPS) is 55.4. The third kappa shape index (κ3) is 1.20. The van der Waals surface area contributed by atoms with Crippen LogP contribution in [0.3, 0.4) is 0 Å². The van der Waals surface area contributed by atoms with Crippen LogP contribution in [-0.4, -0.2) is 15.2 Å². The van der Waals surface area contributed by atoms with Gasteiger partial charge in [0, 0.05) is 10.3 Å². The number of hydrogen-bond donors (Lipinski definition) is 1. The van der Waals surface area contributed by atoms with Crippen molar-refractivity contribution in [3.05, 3.63) is 0 Å². The Bertz CT molecular complexity index is 353. The van der Waals surface area contributed by atoms with Gasteiger partial charge in [-0.3, -0.25) is 4.57 Å². The molecule has 0 radical (unpaired) electrons. The maximum atomic E-state index is 13.3. The van der Waals surface area contributed by atoms with Crippen LogP contribution < -0.4 is 0 Å². The third-order valence-corrected chi connectivity index (χ3v) is 10.5. The van der Waals surface area contributed by atoms with E-state index < -0.39 is 7.37 Å². The summed E-state index contributed by atoms with van der Waals surface area (Å²) in [6, 6.07) is 0. The van der Waals surface area contributed by atoms with Crippen molar-refractivity contribution in [2.24, 2.45) is 11.8 Å². The SMILES string of the molecule is O=P(O)(C12CCC(CC1)C2)C12CCC(CC1)C2. The molecule has 0 heterocycles. The molecule has 0 amide bonds. The molecule has 0 saturated heterocycles. The Kier molecular flexibility index (Phi) is 2.08. The summed E-state index contributed by atoms with van der Waals surface area (Å²) in [4.78, 5) is 11.0. The molecule has 4 bridgehead atoms. The average Bonchev–Trinajstić information content (AvgIpc) is 3.09. The van der Waals surface area contributed by atoms with Crippen molar-refractivity contribution >= 4 is 7.37 Å². The lowest BCUT2D eigenvalue weighted by atomic mass is 9.99. The molecular weight excluding hydrogens is 231 g/mol. The zero-order valence-electron chi connectivity index (χ0n) is 10.5. The first kappa shape index (κ1) is 11.1. The van der Waals surface area contributed by atoms with Crippen LogP contribution in [0.5, 0.6) is 0 Å². The van der Waals surface area contributed by atoms with Crippen LogP contribution in [0, 0.1) is 11.8 Å². The Balaban J connectivity index is 1.74. The van der Waals surface area contributed by atoms with E-state index in [4.69, 9.17) is 0 Å². The van der Waals surface area contributed by atoms with Gasteiger partial charge in [0.15, 0.2) is 0 Å². The Labute approximate surface area is 104 Å². The fourth-order valence-electron chi connectivity index (χ4n) is 5.68. The van der Waals surface area contributed by atoms with Gasteiger partial charge in [0.1, 0.15) is 0 Å². The largest absolute Gasteiger partial charge is 0.344 e. The van der Waals surface area contributed by atoms with E-state index in [1.54, 1.807) is 0 Å². The molecule has 2 nitrogen and oxygen atoms in total. The smallest absolute Gasteiger partial charge is 0.212 e. The van der Waals surface area contributed by atoms with Gasteiger partial charge >= 0.3 is 0 Å². The molecule has 4 fully saturated rings. The highest BCUT2D eigenvalue weighted by Crippen LogP contribution is 2.80. The van der Waals surface area contributed by atoms with E-state index in [-0.39, 0.29) is 10.3 Å². The van der Waals surface area contributed by atoms with Gasteiger partial charge in [-0.15, -0.1) is 0 Å². The van der Waals surface area contributed by atoms with Crippen LogP contribution >= 0.6 is 7.37 Å². The molecule has 3 heteroatoms. The predicted octanol–water partition coefficient (Wildman–Crippen LogP) is 3.92. The summed E-state index contributed by atoms with van der Waals surface area (Å²) in [7, 11) is -2.97. The van der Waals surface area contributed by atoms with E-state index in [1.165, 1.54) is 25.7 Å². The minimum atomic E-state index is -2.97. The summed E-state index contributed by atoms with van der Waals surface area (Å²) in [5.74, 6) is 1.57. The van der Waals surface area contributed by atoms with Gasteiger partial charge in [0.05, 0.1) is 0 Å². The third-order valence-electron chi connectivity index (χ3n) is 6.69. The number of hydrogen-bond acceptors (Lipinski definition) is 1. The van der Waals surface area contributed by atoms with Gasteiger partial charge in [0.2, 0.25) is 7.37 Å². The number of rotatable bonds is 2. The molecule has 0 aromatic carbocycles. The van der Waals surface area contributed by atoms with Gasteiger partial charge in [-0.05, 0) is 76.0 Å². The van der Waals surface area contributed by atoms with Crippen LogP contribution in [0.15, 0.2) is 0 Å². The van der Waals surface area contributed by atoms with Gasteiger partial charge in [-0.2, -0.15) is 0 Å². The van der Waals surface area contributed by atoms with E-state index in [0.717, 1.165) is 50.4 Å². The fourth-order valence-corrected chi connectivity index (χ4v) is 9.42. The van der Waals surface area contributed by atoms with Gasteiger partial charge in [-0.25, -0.2) is 0 Å². The Morgan fingerprint density at radius 3 is 1.41 bits per heavy atom. The fraction of sp³-hybridized carbons (Fsp3) is 1.00. The van der Waals surface area contributed by atoms with Crippen molar-refractivity contribution in [2.45, 2.75) is 74.5 Å². The molecule has 0 aromatic heterocycles. The first-order valence-electron chi connectivity index (χ1n) is 7.40. The summed E-state index contributed by atoms with van der Waals surface area (Å²) in [6.45, 7) is 0. The summed E-state index contributed by atoms with van der Waals surface area (Å²) in [5, 5.41) is -0.256. The van der Waals surface area contributed by atoms with E-state index >= 15 is 0 Å². The first-order chi connectivity index (χ1) is 8.07. The lowest BCUT2D eigenvalue weighted by Crippen LogP contribution is -2.35. The second-order valence-electron chi connectivity index (χ2n) is 7.32. The van der Waals surface area contributed by atoms with Crippen molar-refractivity contribution in [1.29, 1.82) is 0 Å². The second-order valence-corrected chi connectivity index (χ2v) is 10.4. The van der Waals surface area contributed by atoms with Crippen LogP contribution in [0.1, 0.15) is 64.2 Å². The molecule has 4 rings (SSSR count). The average molecular weight is 254 g/mol. The van der Waals surface area contributed by atoms with Crippen molar-refractivity contribution in [1.82, 2.24) is 0 Å². The van der Waals surface area contributed by atoms with Crippen molar-refractivity contribution in [2.75, 3.05) is 0 Å². The maximum Gasteiger partial charge on any atom is 0.212 e. The predicted molar refractivity (Wildman–Crippen MR) is 68.4 cm³/mol. The molecule has 4 aliphatic carbocycles. The zero-order chi connectivity index (χ0) is 11.7. The van der Waals surface area contributed by atoms with E-state index in [0.29, 0.717) is 0 Å². The molecule has 96 valence electrons. The van der Waals surface area contributed by atoms with Crippen LogP contribution in [0.4, 0.5) is 0 Å². The molecule has 0 aromatic rings. The van der Waals surface area contributed by atoms with E-state index in [9.17, 15) is 9.46 Å². The highest BCUT2D eigenvalue weighted by molar-refractivity contribution is 7.61. The highest BCUT2D eigenvalue weighted by Gasteiger charge is 2.66. The standard InChI is InChI=1S/C14H23O2P/c15-17(16,13-5-1-11(9-13)2-6-13)14-7-3-12(10-14)4-8-14/h11-12H,1-10H2,(H,15,16). The lowest BCUT2D eigenvalue weighted by Gasteiger charge is -2.42. The quantitative estimate of drug-likeness (QED) is 0.758. The Morgan fingerprint density at radius 1 is 0.824 bits per heavy atom. The Morgan fingerprint density at radius 2 is 1.18 bits per heavy atom. The van der Waals surface area contributed by atoms with E-state index in [1.807, 2.05) is 0 Å². The molecule has 0 unspecified atom stereocenters. The molecular formula is C14H23O2P. The van der Waals surface area contributed by atoms with Crippen molar-refractivity contribution in [3.63, 3.8) is 0 Å². The van der Waals surface area contributed by atoms with Gasteiger partial charge < -0.3 is 4.89 Å². The summed E-state index contributed by atoms with van der Waals surface area (Å²) in [6.07, 6.45) is 11.3. The minimum absolute atomic E-state index is 0.128. The molecule has 0 spiro atoms. The van der Waals surface area contributed by atoms with Crippen molar-refractivity contribution in [3.8, 4) is 0 Å². The summed E-state index contributed by atoms with van der Waals surface area (Å²) in [5.41, 5.74) is 0. The number of fused-ring (bicyclic) bond motifs is 4. The highest BCUT2D eigenvalue weighted by atomic mass is 31.2. The van der Waals surface area contributed by atoms with Gasteiger partial charge in [-0.1, -0.05) is 0 Å². The minimum Gasteiger partial charge on any atom is -0.344 e. The molecule has 4 aliphatic rings. The van der Waals surface area contributed by atoms with Crippen molar-refractivity contribution < 1.29 is 9.46 Å². The monoisotopic (exact) mass is 254 g/mol. The topological polar surface area (TPSA) is 37.3 Å². The van der Waals surface area contributed by atoms with Gasteiger partial charge in [0.25, 0.3) is 0 Å². The lowest BCUT2D eigenvalue weighted by molar-refractivity contribution is 0.360. The van der Waals surface area contributed by atoms with Crippen LogP contribution in [-0.2, 0) is 4.57 Å². The van der Waals surface area contributed by atoms with Crippen LogP contribution in [0.2, 0.25) is 0 Å².